The van der Waals surface area contributed by atoms with Crippen molar-refractivity contribution in [3.63, 3.8) is 0 Å². The van der Waals surface area contributed by atoms with E-state index in [2.05, 4.69) is 42.2 Å². The third kappa shape index (κ3) is 3.38. The monoisotopic (exact) mass is 280 g/mol. The van der Waals surface area contributed by atoms with Crippen LogP contribution in [0.5, 0.6) is 0 Å². The van der Waals surface area contributed by atoms with E-state index >= 15 is 0 Å². The van der Waals surface area contributed by atoms with Crippen molar-refractivity contribution in [2.75, 3.05) is 11.9 Å². The Labute approximate surface area is 119 Å². The maximum atomic E-state index is 6.22. The van der Waals surface area contributed by atoms with Gasteiger partial charge >= 0.3 is 0 Å². The van der Waals surface area contributed by atoms with E-state index in [0.29, 0.717) is 5.92 Å². The first kappa shape index (κ1) is 14.1. The largest absolute Gasteiger partial charge is 0.367 e. The van der Waals surface area contributed by atoms with Crippen molar-refractivity contribution < 1.29 is 0 Å². The predicted molar refractivity (Wildman–Crippen MR) is 80.1 cm³/mol. The lowest BCUT2D eigenvalue weighted by Gasteiger charge is -2.10. The number of nitrogens with one attached hydrogen (secondary N) is 1. The normalized spacial score (nSPS) is 13.1. The zero-order chi connectivity index (χ0) is 13.8. The van der Waals surface area contributed by atoms with Gasteiger partial charge in [0.15, 0.2) is 5.82 Å². The first-order valence-electron chi connectivity index (χ1n) is 6.84. The molecule has 1 N–H and O–H groups in total. The Hall–Kier alpha value is -1.29. The van der Waals surface area contributed by atoms with Crippen LogP contribution in [0.25, 0.3) is 5.52 Å². The van der Waals surface area contributed by atoms with Crippen LogP contribution in [-0.4, -0.2) is 26.5 Å². The van der Waals surface area contributed by atoms with Crippen molar-refractivity contribution in [1.82, 2.24) is 14.6 Å². The summed E-state index contributed by atoms with van der Waals surface area (Å²) in [6.07, 6.45) is 5.73. The zero-order valence-electron chi connectivity index (χ0n) is 11.7. The van der Waals surface area contributed by atoms with Crippen LogP contribution in [0.15, 0.2) is 18.5 Å². The third-order valence-corrected chi connectivity index (χ3v) is 3.47. The maximum Gasteiger partial charge on any atom is 0.152 e. The van der Waals surface area contributed by atoms with E-state index in [4.69, 9.17) is 11.6 Å². The standard InChI is InChI=1S/C14H21ClN4/c1-4-5-11(15)9-17-14-13-8-12(10(2)3)18-19(13)7-6-16-14/h6-8,10-11H,4-5,9H2,1-3H3,(H,16,17). The fourth-order valence-electron chi connectivity index (χ4n) is 1.98. The van der Waals surface area contributed by atoms with Gasteiger partial charge in [0.05, 0.1) is 11.1 Å². The third-order valence-electron chi connectivity index (χ3n) is 3.09. The van der Waals surface area contributed by atoms with Gasteiger partial charge in [-0.15, -0.1) is 11.6 Å². The van der Waals surface area contributed by atoms with Gasteiger partial charge in [0, 0.05) is 18.9 Å². The Bertz CT molecular complexity index is 535. The molecule has 0 aliphatic rings. The number of halogens is 1. The molecule has 0 amide bonds. The fraction of sp³-hybridized carbons (Fsp3) is 0.571. The van der Waals surface area contributed by atoms with Crippen LogP contribution in [0.1, 0.15) is 45.2 Å². The van der Waals surface area contributed by atoms with Crippen molar-refractivity contribution in [3.8, 4) is 0 Å². The summed E-state index contributed by atoms with van der Waals surface area (Å²) in [6, 6.07) is 2.09. The maximum absolute atomic E-state index is 6.22. The first-order valence-corrected chi connectivity index (χ1v) is 7.27. The Morgan fingerprint density at radius 2 is 2.21 bits per heavy atom. The molecule has 104 valence electrons. The average Bonchev–Trinajstić information content (AvgIpc) is 2.81. The van der Waals surface area contributed by atoms with E-state index in [1.807, 2.05) is 10.7 Å². The number of anilines is 1. The second-order valence-electron chi connectivity index (χ2n) is 5.10. The van der Waals surface area contributed by atoms with Gasteiger partial charge in [-0.05, 0) is 18.4 Å². The number of fused-ring (bicyclic) bond motifs is 1. The van der Waals surface area contributed by atoms with Gasteiger partial charge in [-0.25, -0.2) is 9.50 Å². The quantitative estimate of drug-likeness (QED) is 0.821. The Morgan fingerprint density at radius 3 is 2.89 bits per heavy atom. The molecule has 0 saturated heterocycles. The molecular weight excluding hydrogens is 260 g/mol. The molecule has 0 aliphatic heterocycles. The first-order chi connectivity index (χ1) is 9.11. The molecule has 1 unspecified atom stereocenters. The van der Waals surface area contributed by atoms with Gasteiger partial charge < -0.3 is 5.32 Å². The highest BCUT2D eigenvalue weighted by atomic mass is 35.5. The van der Waals surface area contributed by atoms with E-state index in [-0.39, 0.29) is 5.38 Å². The second kappa shape index (κ2) is 6.24. The molecule has 2 aromatic rings. The fourth-order valence-corrected chi connectivity index (χ4v) is 2.28. The van der Waals surface area contributed by atoms with Gasteiger partial charge in [0.25, 0.3) is 0 Å². The summed E-state index contributed by atoms with van der Waals surface area (Å²) in [4.78, 5) is 4.38. The van der Waals surface area contributed by atoms with Crippen molar-refractivity contribution in [1.29, 1.82) is 0 Å². The average molecular weight is 281 g/mol. The van der Waals surface area contributed by atoms with E-state index in [9.17, 15) is 0 Å². The van der Waals surface area contributed by atoms with Crippen LogP contribution in [0, 0.1) is 0 Å². The van der Waals surface area contributed by atoms with E-state index in [0.717, 1.165) is 36.4 Å². The predicted octanol–water partition coefficient (Wildman–Crippen LogP) is 3.67. The second-order valence-corrected chi connectivity index (χ2v) is 5.71. The van der Waals surface area contributed by atoms with Crippen molar-refractivity contribution in [3.05, 3.63) is 24.2 Å². The minimum absolute atomic E-state index is 0.138. The summed E-state index contributed by atoms with van der Waals surface area (Å²) in [7, 11) is 0. The molecule has 0 spiro atoms. The highest BCUT2D eigenvalue weighted by Crippen LogP contribution is 2.20. The molecule has 0 radical (unpaired) electrons. The van der Waals surface area contributed by atoms with Crippen molar-refractivity contribution in [2.45, 2.75) is 44.9 Å². The molecule has 1 atom stereocenters. The van der Waals surface area contributed by atoms with Gasteiger partial charge in [0.2, 0.25) is 0 Å². The molecule has 5 heteroatoms. The summed E-state index contributed by atoms with van der Waals surface area (Å²) in [5.41, 5.74) is 2.08. The van der Waals surface area contributed by atoms with Gasteiger partial charge in [-0.2, -0.15) is 5.10 Å². The van der Waals surface area contributed by atoms with Gasteiger partial charge in [-0.1, -0.05) is 27.2 Å². The molecule has 2 heterocycles. The SMILES string of the molecule is CCCC(Cl)CNc1nccn2nc(C(C)C)cc12. The van der Waals surface area contributed by atoms with E-state index in [1.165, 1.54) is 0 Å². The van der Waals surface area contributed by atoms with Crippen molar-refractivity contribution >= 4 is 22.9 Å². The lowest BCUT2D eigenvalue weighted by atomic mass is 10.1. The Morgan fingerprint density at radius 1 is 1.42 bits per heavy atom. The molecule has 2 aromatic heterocycles. The summed E-state index contributed by atoms with van der Waals surface area (Å²) < 4.78 is 1.87. The molecule has 2 rings (SSSR count). The highest BCUT2D eigenvalue weighted by molar-refractivity contribution is 6.20. The van der Waals surface area contributed by atoms with Crippen LogP contribution in [0.4, 0.5) is 5.82 Å². The number of rotatable bonds is 6. The molecule has 19 heavy (non-hydrogen) atoms. The molecule has 4 nitrogen and oxygen atoms in total. The molecule has 0 saturated carbocycles. The molecule has 0 fully saturated rings. The minimum Gasteiger partial charge on any atom is -0.367 e. The number of aromatic nitrogens is 3. The lowest BCUT2D eigenvalue weighted by Crippen LogP contribution is -2.15. The van der Waals surface area contributed by atoms with E-state index in [1.54, 1.807) is 6.20 Å². The van der Waals surface area contributed by atoms with Crippen molar-refractivity contribution in [2.24, 2.45) is 0 Å². The van der Waals surface area contributed by atoms with Crippen LogP contribution < -0.4 is 5.32 Å². The topological polar surface area (TPSA) is 42.2 Å². The minimum atomic E-state index is 0.138. The number of hydrogen-bond donors (Lipinski definition) is 1. The summed E-state index contributed by atoms with van der Waals surface area (Å²) in [5, 5.41) is 8.00. The van der Waals surface area contributed by atoms with Crippen LogP contribution in [0.2, 0.25) is 0 Å². The van der Waals surface area contributed by atoms with Crippen LogP contribution in [-0.2, 0) is 0 Å². The van der Waals surface area contributed by atoms with E-state index < -0.39 is 0 Å². The molecule has 0 aromatic carbocycles. The molecule has 0 bridgehead atoms. The summed E-state index contributed by atoms with van der Waals surface area (Å²) >= 11 is 6.22. The highest BCUT2D eigenvalue weighted by Gasteiger charge is 2.10. The summed E-state index contributed by atoms with van der Waals surface area (Å²) in [6.45, 7) is 7.14. The number of nitrogens with zero attached hydrogens (tertiary/aromatic N) is 3. The zero-order valence-corrected chi connectivity index (χ0v) is 12.5. The van der Waals surface area contributed by atoms with Gasteiger partial charge in [-0.3, -0.25) is 0 Å². The Kier molecular flexibility index (Phi) is 4.64. The summed E-state index contributed by atoms with van der Waals surface area (Å²) in [5.74, 6) is 1.26. The smallest absolute Gasteiger partial charge is 0.152 e. The lowest BCUT2D eigenvalue weighted by molar-refractivity contribution is 0.750. The van der Waals surface area contributed by atoms with Crippen LogP contribution >= 0.6 is 11.6 Å². The van der Waals surface area contributed by atoms with Crippen LogP contribution in [0.3, 0.4) is 0 Å². The van der Waals surface area contributed by atoms with Gasteiger partial charge in [0.1, 0.15) is 5.52 Å². The molecule has 0 aliphatic carbocycles. The molecular formula is C14H21ClN4. The number of alkyl halides is 1. The number of hydrogen-bond acceptors (Lipinski definition) is 3. The Balaban J connectivity index is 2.18.